The van der Waals surface area contributed by atoms with Crippen LogP contribution in [0.25, 0.3) is 0 Å². The molecule has 1 aliphatic heterocycles. The smallest absolute Gasteiger partial charge is 0.262 e. The first-order valence-electron chi connectivity index (χ1n) is 7.79. The van der Waals surface area contributed by atoms with E-state index < -0.39 is 10.0 Å². The third-order valence-electron chi connectivity index (χ3n) is 4.03. The van der Waals surface area contributed by atoms with Crippen molar-refractivity contribution in [2.45, 2.75) is 30.7 Å². The molecule has 8 nitrogen and oxygen atoms in total. The van der Waals surface area contributed by atoms with Crippen LogP contribution in [-0.4, -0.2) is 59.5 Å². The normalized spacial score (nSPS) is 22.3. The Kier molecular flexibility index (Phi) is 6.14. The van der Waals surface area contributed by atoms with Crippen molar-refractivity contribution in [1.82, 2.24) is 19.2 Å². The first kappa shape index (κ1) is 17.9. The molecule has 1 fully saturated rings. The van der Waals surface area contributed by atoms with E-state index in [0.717, 1.165) is 6.42 Å². The lowest BCUT2D eigenvalue weighted by Crippen LogP contribution is -2.36. The fourth-order valence-electron chi connectivity index (χ4n) is 2.62. The first-order valence-corrected chi connectivity index (χ1v) is 9.23. The maximum Gasteiger partial charge on any atom is 0.262 e. The summed E-state index contributed by atoms with van der Waals surface area (Å²) in [5.74, 6) is -0.0994. The molecule has 1 aromatic rings. The van der Waals surface area contributed by atoms with Crippen LogP contribution in [-0.2, 0) is 21.9 Å². The molecule has 0 bridgehead atoms. The number of nitrogens with zero attached hydrogens (tertiary/aromatic N) is 3. The minimum Gasteiger partial charge on any atom is -0.396 e. The number of amides is 1. The molecule has 2 N–H and O–H groups in total. The molecule has 1 aliphatic rings. The summed E-state index contributed by atoms with van der Waals surface area (Å²) in [5.41, 5.74) is 0. The van der Waals surface area contributed by atoms with Gasteiger partial charge >= 0.3 is 0 Å². The molecule has 1 unspecified atom stereocenters. The SMILES string of the molecule is Cn1cnc(S(=O)(=O)N2CCCC(CO)CCNC(=O)CC2)c1. The molecule has 0 aliphatic carbocycles. The van der Waals surface area contributed by atoms with Crippen LogP contribution in [0.1, 0.15) is 25.7 Å². The average molecular weight is 344 g/mol. The van der Waals surface area contributed by atoms with Gasteiger partial charge in [0.25, 0.3) is 10.0 Å². The molecule has 0 spiro atoms. The van der Waals surface area contributed by atoms with Gasteiger partial charge in [0.15, 0.2) is 5.03 Å². The molecule has 0 radical (unpaired) electrons. The molecule has 1 aromatic heterocycles. The lowest BCUT2D eigenvalue weighted by atomic mass is 10.0. The molecule has 1 atom stereocenters. The standard InChI is InChI=1S/C14H24N4O4S/c1-17-9-14(16-11-17)23(21,22)18-7-2-3-12(10-19)4-6-15-13(20)5-8-18/h9,11-12,19H,2-8,10H2,1H3,(H,15,20). The van der Waals surface area contributed by atoms with Gasteiger partial charge < -0.3 is 15.0 Å². The fourth-order valence-corrected chi connectivity index (χ4v) is 4.07. The molecule has 2 heterocycles. The second-order valence-electron chi connectivity index (χ2n) is 5.86. The summed E-state index contributed by atoms with van der Waals surface area (Å²) < 4.78 is 28.2. The van der Waals surface area contributed by atoms with E-state index in [2.05, 4.69) is 10.3 Å². The number of aliphatic hydroxyl groups excluding tert-OH is 1. The van der Waals surface area contributed by atoms with Crippen LogP contribution in [0.2, 0.25) is 0 Å². The predicted octanol–water partition coefficient (Wildman–Crippen LogP) is -0.290. The maximum atomic E-state index is 12.7. The van der Waals surface area contributed by atoms with E-state index in [-0.39, 0.29) is 36.4 Å². The van der Waals surface area contributed by atoms with Gasteiger partial charge in [0, 0.05) is 45.9 Å². The van der Waals surface area contributed by atoms with Crippen LogP contribution >= 0.6 is 0 Å². The summed E-state index contributed by atoms with van der Waals surface area (Å²) in [4.78, 5) is 15.7. The van der Waals surface area contributed by atoms with Gasteiger partial charge in [0.2, 0.25) is 5.91 Å². The van der Waals surface area contributed by atoms with Crippen LogP contribution in [0.15, 0.2) is 17.6 Å². The summed E-state index contributed by atoms with van der Waals surface area (Å²) in [6.45, 7) is 1.01. The van der Waals surface area contributed by atoms with Crippen LogP contribution in [0.5, 0.6) is 0 Å². The number of aliphatic hydroxyl groups is 1. The Bertz CT molecular complexity index is 628. The van der Waals surface area contributed by atoms with Gasteiger partial charge in [-0.15, -0.1) is 0 Å². The van der Waals surface area contributed by atoms with E-state index in [1.165, 1.54) is 16.8 Å². The minimum absolute atomic E-state index is 0.00557. The lowest BCUT2D eigenvalue weighted by Gasteiger charge is -2.21. The Hall–Kier alpha value is -1.45. The van der Waals surface area contributed by atoms with Gasteiger partial charge in [-0.1, -0.05) is 0 Å². The zero-order valence-corrected chi connectivity index (χ0v) is 14.1. The van der Waals surface area contributed by atoms with Gasteiger partial charge in [0.05, 0.1) is 6.33 Å². The zero-order chi connectivity index (χ0) is 16.9. The van der Waals surface area contributed by atoms with Crippen molar-refractivity contribution >= 4 is 15.9 Å². The topological polar surface area (TPSA) is 105 Å². The summed E-state index contributed by atoms with van der Waals surface area (Å²) >= 11 is 0. The predicted molar refractivity (Wildman–Crippen MR) is 84.0 cm³/mol. The lowest BCUT2D eigenvalue weighted by molar-refractivity contribution is -0.121. The van der Waals surface area contributed by atoms with Crippen LogP contribution in [0.3, 0.4) is 0 Å². The number of aromatic nitrogens is 2. The monoisotopic (exact) mass is 344 g/mol. The molecule has 0 saturated carbocycles. The summed E-state index contributed by atoms with van der Waals surface area (Å²) in [7, 11) is -2.00. The molecule has 1 amide bonds. The van der Waals surface area contributed by atoms with Gasteiger partial charge in [-0.3, -0.25) is 4.79 Å². The van der Waals surface area contributed by atoms with E-state index in [4.69, 9.17) is 0 Å². The Balaban J connectivity index is 2.15. The van der Waals surface area contributed by atoms with Gasteiger partial charge in [-0.2, -0.15) is 4.31 Å². The van der Waals surface area contributed by atoms with Gasteiger partial charge in [0.1, 0.15) is 0 Å². The number of hydrogen-bond donors (Lipinski definition) is 2. The van der Waals surface area contributed by atoms with Crippen molar-refractivity contribution < 1.29 is 18.3 Å². The second-order valence-corrected chi connectivity index (χ2v) is 7.75. The molecule has 23 heavy (non-hydrogen) atoms. The largest absolute Gasteiger partial charge is 0.396 e. The van der Waals surface area contributed by atoms with Crippen LogP contribution in [0, 0.1) is 5.92 Å². The average Bonchev–Trinajstić information content (AvgIpc) is 2.93. The van der Waals surface area contributed by atoms with Gasteiger partial charge in [-0.05, 0) is 25.2 Å². The molecule has 0 aromatic carbocycles. The second kappa shape index (κ2) is 7.89. The van der Waals surface area contributed by atoms with E-state index in [0.29, 0.717) is 25.9 Å². The molecule has 1 saturated heterocycles. The number of nitrogens with one attached hydrogen (secondary N) is 1. The van der Waals surface area contributed by atoms with Crippen molar-refractivity contribution in [3.8, 4) is 0 Å². The van der Waals surface area contributed by atoms with E-state index in [1.54, 1.807) is 11.6 Å². The number of imidazole rings is 1. The Morgan fingerprint density at radius 1 is 1.39 bits per heavy atom. The molecule has 130 valence electrons. The first-order chi connectivity index (χ1) is 10.9. The van der Waals surface area contributed by atoms with Crippen molar-refractivity contribution in [2.75, 3.05) is 26.2 Å². The third kappa shape index (κ3) is 4.76. The molecule has 9 heteroatoms. The summed E-state index contributed by atoms with van der Waals surface area (Å²) in [6, 6.07) is 0. The van der Waals surface area contributed by atoms with Gasteiger partial charge in [-0.25, -0.2) is 13.4 Å². The van der Waals surface area contributed by atoms with Crippen molar-refractivity contribution in [3.63, 3.8) is 0 Å². The Morgan fingerprint density at radius 3 is 2.83 bits per heavy atom. The highest BCUT2D eigenvalue weighted by Crippen LogP contribution is 2.17. The maximum absolute atomic E-state index is 12.7. The number of sulfonamides is 1. The van der Waals surface area contributed by atoms with Crippen molar-refractivity contribution in [1.29, 1.82) is 0 Å². The number of carbonyl (C=O) groups excluding carboxylic acids is 1. The van der Waals surface area contributed by atoms with E-state index >= 15 is 0 Å². The highest BCUT2D eigenvalue weighted by molar-refractivity contribution is 7.89. The quantitative estimate of drug-likeness (QED) is 0.784. The highest BCUT2D eigenvalue weighted by Gasteiger charge is 2.27. The molecular weight excluding hydrogens is 320 g/mol. The molecular formula is C14H24N4O4S. The zero-order valence-electron chi connectivity index (χ0n) is 13.3. The van der Waals surface area contributed by atoms with Crippen molar-refractivity contribution in [2.24, 2.45) is 13.0 Å². The third-order valence-corrected chi connectivity index (χ3v) is 5.81. The summed E-state index contributed by atoms with van der Waals surface area (Å²) in [6.07, 6.45) is 5.09. The van der Waals surface area contributed by atoms with Crippen molar-refractivity contribution in [3.05, 3.63) is 12.5 Å². The summed E-state index contributed by atoms with van der Waals surface area (Å²) in [5, 5.41) is 12.1. The Morgan fingerprint density at radius 2 is 2.17 bits per heavy atom. The fraction of sp³-hybridized carbons (Fsp3) is 0.714. The van der Waals surface area contributed by atoms with Crippen LogP contribution in [0.4, 0.5) is 0 Å². The molecule has 2 rings (SSSR count). The van der Waals surface area contributed by atoms with E-state index in [9.17, 15) is 18.3 Å². The minimum atomic E-state index is -3.71. The van der Waals surface area contributed by atoms with Crippen LogP contribution < -0.4 is 5.32 Å². The Labute approximate surface area is 136 Å². The highest BCUT2D eigenvalue weighted by atomic mass is 32.2. The number of aryl methyl sites for hydroxylation is 1. The van der Waals surface area contributed by atoms with E-state index in [1.807, 2.05) is 0 Å². The number of carbonyl (C=O) groups is 1. The number of hydrogen-bond acceptors (Lipinski definition) is 5. The number of rotatable bonds is 3.